The van der Waals surface area contributed by atoms with Gasteiger partial charge in [-0.2, -0.15) is 8.78 Å². The summed E-state index contributed by atoms with van der Waals surface area (Å²) in [6.07, 6.45) is 3.48. The van der Waals surface area contributed by atoms with Crippen molar-refractivity contribution < 1.29 is 18.3 Å². The Bertz CT molecular complexity index is 1210. The van der Waals surface area contributed by atoms with Crippen LogP contribution in [0.4, 0.5) is 14.6 Å². The molecule has 0 spiro atoms. The normalized spacial score (nSPS) is 18.0. The zero-order chi connectivity index (χ0) is 26.7. The number of methoxy groups -OCH3 is 1. The number of alkyl halides is 2. The van der Waals surface area contributed by atoms with E-state index in [1.165, 1.54) is 0 Å². The van der Waals surface area contributed by atoms with Gasteiger partial charge < -0.3 is 15.4 Å². The van der Waals surface area contributed by atoms with Crippen LogP contribution in [0.15, 0.2) is 18.3 Å². The van der Waals surface area contributed by atoms with Crippen molar-refractivity contribution in [2.45, 2.75) is 45.1 Å². The second-order valence-electron chi connectivity index (χ2n) is 9.22. The third kappa shape index (κ3) is 5.44. The number of carbonyl (C=O) groups excluding carboxylic acids is 1. The predicted octanol–water partition coefficient (Wildman–Crippen LogP) is 2.45. The number of pyridine rings is 1. The molecular formula is C24H34F2N8O2. The van der Waals surface area contributed by atoms with Crippen molar-refractivity contribution in [2.24, 2.45) is 5.73 Å². The van der Waals surface area contributed by atoms with Gasteiger partial charge in [0.15, 0.2) is 11.6 Å². The number of hydrogen-bond acceptors (Lipinski definition) is 8. The maximum absolute atomic E-state index is 14.1. The molecule has 4 heterocycles. The summed E-state index contributed by atoms with van der Waals surface area (Å²) in [5, 5.41) is 5.73. The number of anilines is 1. The minimum atomic E-state index is -3.15. The smallest absolute Gasteiger partial charge is 0.303 e. The Morgan fingerprint density at radius 2 is 2.00 bits per heavy atom. The Labute approximate surface area is 209 Å². The molecule has 3 aromatic heterocycles. The van der Waals surface area contributed by atoms with E-state index >= 15 is 0 Å². The van der Waals surface area contributed by atoms with E-state index in [4.69, 9.17) is 14.6 Å². The minimum Gasteiger partial charge on any atom is -0.383 e. The number of fused-ring (bicyclic) bond motifs is 1. The van der Waals surface area contributed by atoms with Crippen LogP contribution in [0, 0.1) is 6.92 Å². The van der Waals surface area contributed by atoms with Crippen LogP contribution in [0.3, 0.4) is 0 Å². The highest BCUT2D eigenvalue weighted by atomic mass is 19.3. The topological polar surface area (TPSA) is 115 Å². The molecule has 1 unspecified atom stereocenters. The maximum atomic E-state index is 14.1. The number of nitrogens with two attached hydrogens (primary N) is 1. The third-order valence-electron chi connectivity index (χ3n) is 6.41. The number of aromatic nitrogens is 5. The molecule has 4 rings (SSSR count). The first-order chi connectivity index (χ1) is 17.0. The van der Waals surface area contributed by atoms with Crippen molar-refractivity contribution in [3.05, 3.63) is 35.5 Å². The molecule has 0 bridgehead atoms. The summed E-state index contributed by atoms with van der Waals surface area (Å²) in [7, 11) is 5.83. The average molecular weight is 505 g/mol. The molecule has 1 fully saturated rings. The van der Waals surface area contributed by atoms with Gasteiger partial charge in [0.05, 0.1) is 23.0 Å². The van der Waals surface area contributed by atoms with Crippen LogP contribution in [0.1, 0.15) is 37.5 Å². The summed E-state index contributed by atoms with van der Waals surface area (Å²) in [5.41, 5.74) is 6.16. The number of aryl methyl sites for hydroxylation is 2. The lowest BCUT2D eigenvalue weighted by Crippen LogP contribution is -2.50. The van der Waals surface area contributed by atoms with E-state index in [1.54, 1.807) is 24.1 Å². The lowest BCUT2D eigenvalue weighted by atomic mass is 9.98. The van der Waals surface area contributed by atoms with Gasteiger partial charge in [0.1, 0.15) is 0 Å². The summed E-state index contributed by atoms with van der Waals surface area (Å²) < 4.78 is 35.4. The predicted molar refractivity (Wildman–Crippen MR) is 134 cm³/mol. The number of primary amides is 1. The van der Waals surface area contributed by atoms with Crippen LogP contribution in [-0.2, 0) is 21.9 Å². The standard InChI is InChI=1S/C23H31F2N7O.CH3NO/c1-7-16-11-19(28-21(27-16)22(3,24)25)32-18-10-15(2)26-12-17(18)20(29-32)31-9-8-23(13-31,14-33-6)30(4)5;2-1-3/h10-12H,7-9,13-14H2,1-6H3;1H,(H2,2,3). The van der Waals surface area contributed by atoms with Crippen molar-refractivity contribution in [1.82, 2.24) is 29.6 Å². The number of amides is 1. The Hall–Kier alpha value is -3.25. The van der Waals surface area contributed by atoms with E-state index in [2.05, 4.69) is 44.6 Å². The van der Waals surface area contributed by atoms with Crippen LogP contribution >= 0.6 is 0 Å². The molecule has 12 heteroatoms. The van der Waals surface area contributed by atoms with Gasteiger partial charge in [-0.3, -0.25) is 14.7 Å². The van der Waals surface area contributed by atoms with E-state index in [9.17, 15) is 8.78 Å². The van der Waals surface area contributed by atoms with Crippen molar-refractivity contribution in [2.75, 3.05) is 45.8 Å². The Morgan fingerprint density at radius 3 is 2.58 bits per heavy atom. The van der Waals surface area contributed by atoms with E-state index < -0.39 is 11.7 Å². The van der Waals surface area contributed by atoms with E-state index in [0.717, 1.165) is 48.8 Å². The molecule has 3 aromatic rings. The van der Waals surface area contributed by atoms with Gasteiger partial charge in [0.25, 0.3) is 0 Å². The van der Waals surface area contributed by atoms with Gasteiger partial charge >= 0.3 is 5.92 Å². The number of carbonyl (C=O) groups is 1. The largest absolute Gasteiger partial charge is 0.383 e. The van der Waals surface area contributed by atoms with Gasteiger partial charge in [-0.05, 0) is 39.9 Å². The fourth-order valence-electron chi connectivity index (χ4n) is 4.39. The SMILES string of the molecule is CCc1cc(-n2nc(N3CCC(COC)(N(C)C)C3)c3cnc(C)cc32)nc(C(C)(F)F)n1.NC=O. The molecule has 0 aromatic carbocycles. The molecule has 0 radical (unpaired) electrons. The van der Waals surface area contributed by atoms with E-state index in [1.807, 2.05) is 19.9 Å². The first kappa shape index (κ1) is 27.3. The van der Waals surface area contributed by atoms with Gasteiger partial charge in [-0.25, -0.2) is 14.6 Å². The highest BCUT2D eigenvalue weighted by Gasteiger charge is 2.41. The molecule has 1 aliphatic heterocycles. The second-order valence-corrected chi connectivity index (χ2v) is 9.22. The Kier molecular flexibility index (Phi) is 8.19. The molecule has 0 aliphatic carbocycles. The van der Waals surface area contributed by atoms with Gasteiger partial charge in [0, 0.05) is 50.8 Å². The number of ether oxygens (including phenoxy) is 1. The molecule has 1 amide bonds. The number of nitrogens with zero attached hydrogens (tertiary/aromatic N) is 7. The fraction of sp³-hybridized carbons (Fsp3) is 0.542. The van der Waals surface area contributed by atoms with Crippen LogP contribution in [-0.4, -0.2) is 82.5 Å². The monoisotopic (exact) mass is 504 g/mol. The van der Waals surface area contributed by atoms with E-state index in [-0.39, 0.29) is 11.9 Å². The van der Waals surface area contributed by atoms with Gasteiger partial charge in [0.2, 0.25) is 12.2 Å². The van der Waals surface area contributed by atoms with Gasteiger partial charge in [-0.15, -0.1) is 5.10 Å². The molecule has 2 N–H and O–H groups in total. The van der Waals surface area contributed by atoms with Crippen molar-refractivity contribution in [3.8, 4) is 5.82 Å². The lowest BCUT2D eigenvalue weighted by Gasteiger charge is -2.35. The second kappa shape index (κ2) is 10.8. The van der Waals surface area contributed by atoms with E-state index in [0.29, 0.717) is 24.5 Å². The highest BCUT2D eigenvalue weighted by molar-refractivity contribution is 5.91. The molecule has 1 aliphatic rings. The zero-order valence-corrected chi connectivity index (χ0v) is 21.6. The molecule has 0 saturated carbocycles. The third-order valence-corrected chi connectivity index (χ3v) is 6.41. The minimum absolute atomic E-state index is 0.134. The molecule has 1 atom stereocenters. The first-order valence-electron chi connectivity index (χ1n) is 11.7. The quantitative estimate of drug-likeness (QED) is 0.488. The van der Waals surface area contributed by atoms with Crippen molar-refractivity contribution in [3.63, 3.8) is 0 Å². The zero-order valence-electron chi connectivity index (χ0n) is 21.6. The number of rotatable bonds is 7. The fourth-order valence-corrected chi connectivity index (χ4v) is 4.39. The summed E-state index contributed by atoms with van der Waals surface area (Å²) in [6, 6.07) is 3.63. The first-order valence-corrected chi connectivity index (χ1v) is 11.7. The van der Waals surface area contributed by atoms with Crippen LogP contribution in [0.5, 0.6) is 0 Å². The van der Waals surface area contributed by atoms with Gasteiger partial charge in [-0.1, -0.05) is 6.92 Å². The lowest BCUT2D eigenvalue weighted by molar-refractivity contribution is -0.106. The molecule has 196 valence electrons. The Morgan fingerprint density at radius 1 is 1.31 bits per heavy atom. The van der Waals surface area contributed by atoms with Crippen LogP contribution < -0.4 is 10.6 Å². The Balaban J connectivity index is 0.00000115. The average Bonchev–Trinajstić information content (AvgIpc) is 3.41. The molecule has 1 saturated heterocycles. The number of likely N-dealkylation sites (N-methyl/N-ethyl adjacent to an activating group) is 1. The number of halogens is 2. The summed E-state index contributed by atoms with van der Waals surface area (Å²) in [5.74, 6) is -2.56. The summed E-state index contributed by atoms with van der Waals surface area (Å²) >= 11 is 0. The summed E-state index contributed by atoms with van der Waals surface area (Å²) in [6.45, 7) is 6.72. The molecule has 10 nitrogen and oxygen atoms in total. The molecule has 36 heavy (non-hydrogen) atoms. The molecular weight excluding hydrogens is 470 g/mol. The summed E-state index contributed by atoms with van der Waals surface area (Å²) in [4.78, 5) is 25.7. The van der Waals surface area contributed by atoms with Crippen LogP contribution in [0.2, 0.25) is 0 Å². The van der Waals surface area contributed by atoms with Crippen molar-refractivity contribution in [1.29, 1.82) is 0 Å². The maximum Gasteiger partial charge on any atom is 0.303 e. The highest BCUT2D eigenvalue weighted by Crippen LogP contribution is 2.35. The van der Waals surface area contributed by atoms with Crippen molar-refractivity contribution >= 4 is 23.1 Å². The number of hydrogen-bond donors (Lipinski definition) is 1. The van der Waals surface area contributed by atoms with Crippen LogP contribution in [0.25, 0.3) is 16.7 Å².